The summed E-state index contributed by atoms with van der Waals surface area (Å²) in [7, 11) is 0. The van der Waals surface area contributed by atoms with Crippen LogP contribution in [0, 0.1) is 11.8 Å². The van der Waals surface area contributed by atoms with Crippen molar-refractivity contribution in [1.29, 1.82) is 0 Å². The number of hydrogen-bond donors (Lipinski definition) is 1. The van der Waals surface area contributed by atoms with Gasteiger partial charge in [0.15, 0.2) is 0 Å². The third-order valence-corrected chi connectivity index (χ3v) is 4.68. The zero-order chi connectivity index (χ0) is 11.7. The smallest absolute Gasteiger partial charge is 0.0198 e. The van der Waals surface area contributed by atoms with Crippen molar-refractivity contribution < 1.29 is 0 Å². The summed E-state index contributed by atoms with van der Waals surface area (Å²) in [5.41, 5.74) is 0. The highest BCUT2D eigenvalue weighted by atomic mass is 15.2. The summed E-state index contributed by atoms with van der Waals surface area (Å²) in [6, 6.07) is 1.75. The van der Waals surface area contributed by atoms with E-state index in [1.54, 1.807) is 0 Å². The van der Waals surface area contributed by atoms with Gasteiger partial charge in [-0.05, 0) is 50.5 Å². The maximum absolute atomic E-state index is 3.77. The predicted molar refractivity (Wildman–Crippen MR) is 72.1 cm³/mol. The molecule has 0 aromatic rings. The van der Waals surface area contributed by atoms with Crippen LogP contribution >= 0.6 is 0 Å². The van der Waals surface area contributed by atoms with Crippen molar-refractivity contribution in [2.45, 2.75) is 64.0 Å². The van der Waals surface area contributed by atoms with Crippen molar-refractivity contribution in [3.8, 4) is 0 Å². The third-order valence-electron chi connectivity index (χ3n) is 4.68. The number of likely N-dealkylation sites (tertiary alicyclic amines) is 1. The van der Waals surface area contributed by atoms with Crippen molar-refractivity contribution in [3.05, 3.63) is 0 Å². The van der Waals surface area contributed by atoms with Crippen LogP contribution in [0.1, 0.15) is 51.9 Å². The molecule has 0 amide bonds. The van der Waals surface area contributed by atoms with E-state index in [2.05, 4.69) is 17.1 Å². The topological polar surface area (TPSA) is 15.3 Å². The van der Waals surface area contributed by atoms with E-state index < -0.39 is 0 Å². The van der Waals surface area contributed by atoms with Crippen molar-refractivity contribution >= 4 is 0 Å². The number of hydrogen-bond acceptors (Lipinski definition) is 2. The molecule has 2 heteroatoms. The molecule has 1 heterocycles. The zero-order valence-corrected chi connectivity index (χ0v) is 11.3. The largest absolute Gasteiger partial charge is 0.313 e. The molecule has 0 aromatic carbocycles. The van der Waals surface area contributed by atoms with E-state index in [1.165, 1.54) is 64.6 Å². The predicted octanol–water partition coefficient (Wildman–Crippen LogP) is 2.64. The SMILES string of the molecule is CCCNC1CC(CC2CC2)CN(C2CC2)C1. The Hall–Kier alpha value is -0.0800. The Kier molecular flexibility index (Phi) is 3.72. The van der Waals surface area contributed by atoms with Crippen LogP contribution in [0.2, 0.25) is 0 Å². The minimum atomic E-state index is 0.785. The molecule has 0 bridgehead atoms. The standard InChI is InChI=1S/C15H28N2/c1-2-7-16-14-9-13(8-12-3-4-12)10-17(11-14)15-5-6-15/h12-16H,2-11H2,1H3. The first-order valence-electron chi connectivity index (χ1n) is 7.82. The molecule has 98 valence electrons. The minimum Gasteiger partial charge on any atom is -0.313 e. The van der Waals surface area contributed by atoms with E-state index in [4.69, 9.17) is 0 Å². The average Bonchev–Trinajstić information content (AvgIpc) is 3.17. The van der Waals surface area contributed by atoms with Gasteiger partial charge in [0.1, 0.15) is 0 Å². The summed E-state index contributed by atoms with van der Waals surface area (Å²) in [4.78, 5) is 2.80. The highest BCUT2D eigenvalue weighted by Crippen LogP contribution is 2.39. The van der Waals surface area contributed by atoms with Gasteiger partial charge in [0.25, 0.3) is 0 Å². The first kappa shape index (κ1) is 12.0. The van der Waals surface area contributed by atoms with Crippen molar-refractivity contribution in [3.63, 3.8) is 0 Å². The van der Waals surface area contributed by atoms with Crippen molar-refractivity contribution in [1.82, 2.24) is 10.2 Å². The van der Waals surface area contributed by atoms with E-state index in [1.807, 2.05) is 0 Å². The quantitative estimate of drug-likeness (QED) is 0.763. The lowest BCUT2D eigenvalue weighted by Gasteiger charge is -2.38. The van der Waals surface area contributed by atoms with Crippen molar-refractivity contribution in [2.75, 3.05) is 19.6 Å². The van der Waals surface area contributed by atoms with Crippen LogP contribution in [0.5, 0.6) is 0 Å². The number of nitrogens with one attached hydrogen (secondary N) is 1. The molecule has 0 radical (unpaired) electrons. The summed E-state index contributed by atoms with van der Waals surface area (Å²) in [6.07, 6.45) is 10.2. The van der Waals surface area contributed by atoms with Crippen LogP contribution in [0.4, 0.5) is 0 Å². The van der Waals surface area contributed by atoms with Gasteiger partial charge in [-0.2, -0.15) is 0 Å². The fourth-order valence-corrected chi connectivity index (χ4v) is 3.47. The summed E-state index contributed by atoms with van der Waals surface area (Å²) in [5.74, 6) is 2.09. The third kappa shape index (κ3) is 3.45. The molecule has 2 atom stereocenters. The van der Waals surface area contributed by atoms with Crippen LogP contribution in [-0.4, -0.2) is 36.6 Å². The lowest BCUT2D eigenvalue weighted by atomic mass is 9.89. The van der Waals surface area contributed by atoms with E-state index in [0.29, 0.717) is 0 Å². The normalized spacial score (nSPS) is 35.1. The second kappa shape index (κ2) is 5.27. The molecular weight excluding hydrogens is 208 g/mol. The molecule has 2 aliphatic carbocycles. The lowest BCUT2D eigenvalue weighted by molar-refractivity contribution is 0.126. The van der Waals surface area contributed by atoms with Gasteiger partial charge in [-0.15, -0.1) is 0 Å². The molecule has 2 unspecified atom stereocenters. The molecule has 1 aliphatic heterocycles. The van der Waals surface area contributed by atoms with Gasteiger partial charge in [-0.1, -0.05) is 19.8 Å². The maximum atomic E-state index is 3.77. The second-order valence-corrected chi connectivity index (χ2v) is 6.62. The fourth-order valence-electron chi connectivity index (χ4n) is 3.47. The number of nitrogens with zero attached hydrogens (tertiary/aromatic N) is 1. The highest BCUT2D eigenvalue weighted by molar-refractivity contribution is 4.93. The molecule has 17 heavy (non-hydrogen) atoms. The Morgan fingerprint density at radius 2 is 1.88 bits per heavy atom. The van der Waals surface area contributed by atoms with E-state index in [-0.39, 0.29) is 0 Å². The molecular formula is C15H28N2. The molecule has 2 nitrogen and oxygen atoms in total. The van der Waals surface area contributed by atoms with Crippen LogP contribution in [0.3, 0.4) is 0 Å². The molecule has 3 fully saturated rings. The Balaban J connectivity index is 1.52. The Morgan fingerprint density at radius 1 is 1.06 bits per heavy atom. The van der Waals surface area contributed by atoms with Gasteiger partial charge < -0.3 is 5.32 Å². The first-order valence-corrected chi connectivity index (χ1v) is 7.82. The summed E-state index contributed by atoms with van der Waals surface area (Å²) >= 11 is 0. The van der Waals surface area contributed by atoms with E-state index >= 15 is 0 Å². The van der Waals surface area contributed by atoms with Gasteiger partial charge in [-0.25, -0.2) is 0 Å². The Bertz CT molecular complexity index is 245. The number of piperidine rings is 1. The fraction of sp³-hybridized carbons (Fsp3) is 1.00. The number of rotatable bonds is 6. The summed E-state index contributed by atoms with van der Waals surface area (Å²) < 4.78 is 0. The molecule has 1 N–H and O–H groups in total. The van der Waals surface area contributed by atoms with E-state index in [0.717, 1.165) is 23.9 Å². The Labute approximate surface area is 106 Å². The van der Waals surface area contributed by atoms with Gasteiger partial charge in [0.05, 0.1) is 0 Å². The minimum absolute atomic E-state index is 0.785. The van der Waals surface area contributed by atoms with Crippen molar-refractivity contribution in [2.24, 2.45) is 11.8 Å². The summed E-state index contributed by atoms with van der Waals surface area (Å²) in [6.45, 7) is 6.22. The summed E-state index contributed by atoms with van der Waals surface area (Å²) in [5, 5.41) is 3.77. The molecule has 2 saturated carbocycles. The molecule has 1 saturated heterocycles. The van der Waals surface area contributed by atoms with Crippen LogP contribution in [0.15, 0.2) is 0 Å². The monoisotopic (exact) mass is 236 g/mol. The average molecular weight is 236 g/mol. The van der Waals surface area contributed by atoms with Crippen LogP contribution in [0.25, 0.3) is 0 Å². The van der Waals surface area contributed by atoms with Crippen LogP contribution < -0.4 is 5.32 Å². The first-order chi connectivity index (χ1) is 8.35. The van der Waals surface area contributed by atoms with Gasteiger partial charge in [-0.3, -0.25) is 4.90 Å². The lowest BCUT2D eigenvalue weighted by Crippen LogP contribution is -2.50. The molecule has 0 spiro atoms. The van der Waals surface area contributed by atoms with Gasteiger partial charge >= 0.3 is 0 Å². The van der Waals surface area contributed by atoms with E-state index in [9.17, 15) is 0 Å². The molecule has 0 aromatic heterocycles. The van der Waals surface area contributed by atoms with Gasteiger partial charge in [0, 0.05) is 25.2 Å². The van der Waals surface area contributed by atoms with Gasteiger partial charge in [0.2, 0.25) is 0 Å². The maximum Gasteiger partial charge on any atom is 0.0198 e. The highest BCUT2D eigenvalue weighted by Gasteiger charge is 2.37. The van der Waals surface area contributed by atoms with Crippen LogP contribution in [-0.2, 0) is 0 Å². The zero-order valence-electron chi connectivity index (χ0n) is 11.3. The Morgan fingerprint density at radius 3 is 2.53 bits per heavy atom. The second-order valence-electron chi connectivity index (χ2n) is 6.62. The molecule has 3 rings (SSSR count). The molecule has 3 aliphatic rings.